The third-order valence-electron chi connectivity index (χ3n) is 5.76. The van der Waals surface area contributed by atoms with Gasteiger partial charge in [-0.15, -0.1) is 0 Å². The highest BCUT2D eigenvalue weighted by Crippen LogP contribution is 2.30. The molecule has 2 aromatic heterocycles. The lowest BCUT2D eigenvalue weighted by molar-refractivity contribution is -0.121. The summed E-state index contributed by atoms with van der Waals surface area (Å²) in [6.45, 7) is 0.284. The number of nitrogens with zero attached hydrogens (tertiary/aromatic N) is 2. The van der Waals surface area contributed by atoms with E-state index in [1.54, 1.807) is 18.3 Å². The maximum absolute atomic E-state index is 12.8. The van der Waals surface area contributed by atoms with Crippen molar-refractivity contribution in [2.45, 2.75) is 12.5 Å². The predicted molar refractivity (Wildman–Crippen MR) is 126 cm³/mol. The quantitative estimate of drug-likeness (QED) is 0.437. The highest BCUT2D eigenvalue weighted by Gasteiger charge is 2.19. The van der Waals surface area contributed by atoms with E-state index in [2.05, 4.69) is 33.6 Å². The Bertz CT molecular complexity index is 1450. The molecule has 1 unspecified atom stereocenters. The third kappa shape index (κ3) is 3.78. The van der Waals surface area contributed by atoms with E-state index in [-0.39, 0.29) is 23.9 Å². The van der Waals surface area contributed by atoms with Gasteiger partial charge in [0.05, 0.1) is 11.6 Å². The number of rotatable bonds is 6. The number of hydrogen-bond donors (Lipinski definition) is 2. The normalized spacial score (nSPS) is 12.1. The van der Waals surface area contributed by atoms with Crippen molar-refractivity contribution in [3.63, 3.8) is 0 Å². The number of hydrogen-bond acceptors (Lipinski definition) is 3. The smallest absolute Gasteiger partial charge is 0.275 e. The van der Waals surface area contributed by atoms with E-state index in [1.807, 2.05) is 54.7 Å². The molecule has 2 heterocycles. The van der Waals surface area contributed by atoms with Gasteiger partial charge in [-0.05, 0) is 23.3 Å². The van der Waals surface area contributed by atoms with Crippen molar-refractivity contribution in [3.05, 3.63) is 113 Å². The summed E-state index contributed by atoms with van der Waals surface area (Å²) in [5, 5.41) is 9.61. The zero-order valence-electron chi connectivity index (χ0n) is 17.4. The van der Waals surface area contributed by atoms with E-state index in [1.165, 1.54) is 4.68 Å². The van der Waals surface area contributed by atoms with Crippen molar-refractivity contribution in [2.75, 3.05) is 6.54 Å². The summed E-state index contributed by atoms with van der Waals surface area (Å²) >= 11 is 0. The predicted octanol–water partition coefficient (Wildman–Crippen LogP) is 3.83. The van der Waals surface area contributed by atoms with Crippen molar-refractivity contribution in [2.24, 2.45) is 0 Å². The molecule has 158 valence electrons. The second kappa shape index (κ2) is 8.51. The summed E-state index contributed by atoms with van der Waals surface area (Å²) < 4.78 is 1.21. The second-order valence-corrected chi connectivity index (χ2v) is 7.75. The van der Waals surface area contributed by atoms with E-state index in [0.717, 1.165) is 27.4 Å². The topological polar surface area (TPSA) is 79.8 Å². The number of carbonyl (C=O) groups excluding carboxylic acids is 1. The third-order valence-corrected chi connectivity index (χ3v) is 5.76. The van der Waals surface area contributed by atoms with Crippen LogP contribution in [-0.2, 0) is 11.3 Å². The van der Waals surface area contributed by atoms with Gasteiger partial charge in [-0.3, -0.25) is 9.59 Å². The zero-order chi connectivity index (χ0) is 21.9. The van der Waals surface area contributed by atoms with E-state index in [0.29, 0.717) is 11.9 Å². The number of amides is 1. The average Bonchev–Trinajstić information content (AvgIpc) is 3.26. The SMILES string of the molecule is O=C(Cn1ncc2ccccc2c1=O)NCC(c1ccccc1)c1c[nH]c2ccccc12. The summed E-state index contributed by atoms with van der Waals surface area (Å²) in [6, 6.07) is 25.5. The lowest BCUT2D eigenvalue weighted by Crippen LogP contribution is -2.35. The van der Waals surface area contributed by atoms with Crippen molar-refractivity contribution >= 4 is 27.6 Å². The monoisotopic (exact) mass is 422 g/mol. The fraction of sp³-hybridized carbons (Fsp3) is 0.115. The maximum atomic E-state index is 12.8. The number of nitrogens with one attached hydrogen (secondary N) is 2. The Morgan fingerprint density at radius 2 is 1.66 bits per heavy atom. The van der Waals surface area contributed by atoms with Crippen LogP contribution in [0.4, 0.5) is 0 Å². The van der Waals surface area contributed by atoms with Gasteiger partial charge in [0.1, 0.15) is 6.54 Å². The highest BCUT2D eigenvalue weighted by atomic mass is 16.2. The highest BCUT2D eigenvalue weighted by molar-refractivity contribution is 5.84. The largest absolute Gasteiger partial charge is 0.361 e. The van der Waals surface area contributed by atoms with E-state index < -0.39 is 0 Å². The molecule has 0 fully saturated rings. The number of H-pyrrole nitrogens is 1. The van der Waals surface area contributed by atoms with Crippen molar-refractivity contribution in [3.8, 4) is 0 Å². The van der Waals surface area contributed by atoms with Gasteiger partial charge >= 0.3 is 0 Å². The van der Waals surface area contributed by atoms with E-state index in [9.17, 15) is 9.59 Å². The van der Waals surface area contributed by atoms with Crippen molar-refractivity contribution < 1.29 is 4.79 Å². The van der Waals surface area contributed by atoms with Gasteiger partial charge in [0.15, 0.2) is 0 Å². The van der Waals surface area contributed by atoms with Crippen LogP contribution in [0.5, 0.6) is 0 Å². The fourth-order valence-electron chi connectivity index (χ4n) is 4.12. The van der Waals surface area contributed by atoms with Crippen LogP contribution in [0.15, 0.2) is 96.1 Å². The Balaban J connectivity index is 1.39. The van der Waals surface area contributed by atoms with Gasteiger partial charge in [0.2, 0.25) is 5.91 Å². The molecule has 0 aliphatic heterocycles. The van der Waals surface area contributed by atoms with E-state index >= 15 is 0 Å². The van der Waals surface area contributed by atoms with Crippen LogP contribution in [0.2, 0.25) is 0 Å². The summed E-state index contributed by atoms with van der Waals surface area (Å²) in [6.07, 6.45) is 3.62. The van der Waals surface area contributed by atoms with Gasteiger partial charge in [-0.1, -0.05) is 66.7 Å². The minimum atomic E-state index is -0.269. The molecule has 2 N–H and O–H groups in total. The average molecular weight is 422 g/mol. The minimum Gasteiger partial charge on any atom is -0.361 e. The Kier molecular flexibility index (Phi) is 5.25. The fourth-order valence-corrected chi connectivity index (χ4v) is 4.12. The number of para-hydroxylation sites is 1. The van der Waals surface area contributed by atoms with Gasteiger partial charge in [-0.2, -0.15) is 5.10 Å². The number of aromatic amines is 1. The Morgan fingerprint density at radius 1 is 0.938 bits per heavy atom. The molecule has 0 saturated heterocycles. The van der Waals surface area contributed by atoms with Gasteiger partial charge in [0.25, 0.3) is 5.56 Å². The minimum absolute atomic E-state index is 0.0300. The Labute approximate surface area is 184 Å². The Hall–Kier alpha value is -4.19. The van der Waals surface area contributed by atoms with Gasteiger partial charge in [0, 0.05) is 34.9 Å². The van der Waals surface area contributed by atoms with Crippen LogP contribution < -0.4 is 10.9 Å². The first-order valence-electron chi connectivity index (χ1n) is 10.5. The molecule has 5 rings (SSSR count). The lowest BCUT2D eigenvalue weighted by atomic mass is 9.91. The van der Waals surface area contributed by atoms with Gasteiger partial charge in [-0.25, -0.2) is 4.68 Å². The van der Waals surface area contributed by atoms with Crippen LogP contribution >= 0.6 is 0 Å². The van der Waals surface area contributed by atoms with Crippen LogP contribution in [0.1, 0.15) is 17.0 Å². The van der Waals surface area contributed by atoms with Crippen LogP contribution in [0, 0.1) is 0 Å². The van der Waals surface area contributed by atoms with Crippen molar-refractivity contribution in [1.82, 2.24) is 20.1 Å². The number of benzene rings is 3. The molecule has 0 spiro atoms. The molecule has 0 radical (unpaired) electrons. The van der Waals surface area contributed by atoms with E-state index in [4.69, 9.17) is 0 Å². The first-order valence-corrected chi connectivity index (χ1v) is 10.5. The summed E-state index contributed by atoms with van der Waals surface area (Å²) in [5.74, 6) is -0.284. The lowest BCUT2D eigenvalue weighted by Gasteiger charge is -2.18. The first kappa shape index (κ1) is 19.8. The molecule has 6 nitrogen and oxygen atoms in total. The molecule has 6 heteroatoms. The van der Waals surface area contributed by atoms with Crippen molar-refractivity contribution in [1.29, 1.82) is 0 Å². The summed E-state index contributed by atoms with van der Waals surface area (Å²) in [4.78, 5) is 28.7. The second-order valence-electron chi connectivity index (χ2n) is 7.75. The number of carbonyl (C=O) groups is 1. The first-order chi connectivity index (χ1) is 15.7. The molecule has 5 aromatic rings. The maximum Gasteiger partial charge on any atom is 0.275 e. The molecule has 0 aliphatic rings. The molecule has 0 saturated carbocycles. The summed E-state index contributed by atoms with van der Waals surface area (Å²) in [5.41, 5.74) is 3.02. The molecular weight excluding hydrogens is 400 g/mol. The summed E-state index contributed by atoms with van der Waals surface area (Å²) in [7, 11) is 0. The molecule has 1 atom stereocenters. The number of fused-ring (bicyclic) bond motifs is 2. The molecule has 1 amide bonds. The van der Waals surface area contributed by atoms with Gasteiger partial charge < -0.3 is 10.3 Å². The molecular formula is C26H22N4O2. The zero-order valence-corrected chi connectivity index (χ0v) is 17.4. The Morgan fingerprint density at radius 3 is 2.50 bits per heavy atom. The number of aromatic nitrogens is 3. The van der Waals surface area contributed by atoms with Crippen LogP contribution in [0.3, 0.4) is 0 Å². The van der Waals surface area contributed by atoms with Crippen LogP contribution in [-0.4, -0.2) is 27.2 Å². The standard InChI is InChI=1S/C26H22N4O2/c31-25(17-30-26(32)20-11-5-4-10-19(20)14-29-30)28-15-22(18-8-2-1-3-9-18)23-16-27-24-13-7-6-12-21(23)24/h1-14,16,22,27H,15,17H2,(H,28,31). The molecule has 0 aliphatic carbocycles. The molecule has 32 heavy (non-hydrogen) atoms. The molecule has 0 bridgehead atoms. The molecule has 3 aromatic carbocycles. The van der Waals surface area contributed by atoms with Crippen LogP contribution in [0.25, 0.3) is 21.7 Å².